The van der Waals surface area contributed by atoms with Gasteiger partial charge in [-0.1, -0.05) is 11.6 Å². The van der Waals surface area contributed by atoms with Crippen molar-refractivity contribution in [3.8, 4) is 0 Å². The molecule has 1 aliphatic heterocycles. The number of nitrogens with zero attached hydrogens (tertiary/aromatic N) is 1. The molecule has 0 bridgehead atoms. The predicted octanol–water partition coefficient (Wildman–Crippen LogP) is 2.41. The quantitative estimate of drug-likeness (QED) is 0.879. The highest BCUT2D eigenvalue weighted by molar-refractivity contribution is 6.33. The number of hydrogen-bond acceptors (Lipinski definition) is 4. The molecule has 2 atom stereocenters. The standard InChI is InChI=1S/C12H15ClN2O3/c1-7(9-3-2-6-18-9)14-10-5-4-8(13)11(15-10)12(16)17/h4-5,7,9H,2-3,6H2,1H3,(H,14,15)(H,16,17). The Morgan fingerprint density at radius 1 is 1.67 bits per heavy atom. The Labute approximate surface area is 110 Å². The van der Waals surface area contributed by atoms with Crippen molar-refractivity contribution in [3.63, 3.8) is 0 Å². The maximum absolute atomic E-state index is 10.9. The Hall–Kier alpha value is -1.33. The number of anilines is 1. The molecule has 0 amide bonds. The first-order chi connectivity index (χ1) is 8.58. The van der Waals surface area contributed by atoms with E-state index < -0.39 is 5.97 Å². The van der Waals surface area contributed by atoms with Crippen LogP contribution in [0, 0.1) is 0 Å². The molecule has 2 rings (SSSR count). The van der Waals surface area contributed by atoms with Gasteiger partial charge in [0, 0.05) is 6.61 Å². The van der Waals surface area contributed by atoms with Gasteiger partial charge >= 0.3 is 5.97 Å². The normalized spacial score (nSPS) is 20.7. The van der Waals surface area contributed by atoms with Crippen LogP contribution in [0.1, 0.15) is 30.3 Å². The maximum Gasteiger partial charge on any atom is 0.356 e. The van der Waals surface area contributed by atoms with E-state index in [1.165, 1.54) is 6.07 Å². The molecule has 5 nitrogen and oxygen atoms in total. The summed E-state index contributed by atoms with van der Waals surface area (Å²) in [5.74, 6) is -0.631. The van der Waals surface area contributed by atoms with Gasteiger partial charge < -0.3 is 15.2 Å². The first kappa shape index (κ1) is 13.1. The minimum Gasteiger partial charge on any atom is -0.476 e. The third-order valence-corrected chi connectivity index (χ3v) is 3.25. The molecule has 1 aromatic rings. The molecule has 0 spiro atoms. The van der Waals surface area contributed by atoms with Gasteiger partial charge in [-0.2, -0.15) is 0 Å². The Balaban J connectivity index is 2.09. The number of nitrogens with one attached hydrogen (secondary N) is 1. The summed E-state index contributed by atoms with van der Waals surface area (Å²) in [6, 6.07) is 3.28. The molecule has 0 saturated carbocycles. The lowest BCUT2D eigenvalue weighted by Gasteiger charge is -2.20. The second kappa shape index (κ2) is 5.54. The van der Waals surface area contributed by atoms with Gasteiger partial charge in [-0.3, -0.25) is 0 Å². The second-order valence-electron chi connectivity index (χ2n) is 4.32. The van der Waals surface area contributed by atoms with E-state index in [1.807, 2.05) is 6.92 Å². The van der Waals surface area contributed by atoms with Crippen LogP contribution in [0.15, 0.2) is 12.1 Å². The molecular weight excluding hydrogens is 256 g/mol. The summed E-state index contributed by atoms with van der Waals surface area (Å²) < 4.78 is 5.56. The summed E-state index contributed by atoms with van der Waals surface area (Å²) in [4.78, 5) is 14.9. The number of hydrogen-bond donors (Lipinski definition) is 2. The van der Waals surface area contributed by atoms with E-state index >= 15 is 0 Å². The van der Waals surface area contributed by atoms with E-state index in [1.54, 1.807) is 6.07 Å². The second-order valence-corrected chi connectivity index (χ2v) is 4.72. The smallest absolute Gasteiger partial charge is 0.356 e. The third-order valence-electron chi connectivity index (χ3n) is 2.95. The number of rotatable bonds is 4. The summed E-state index contributed by atoms with van der Waals surface area (Å²) >= 11 is 5.76. The van der Waals surface area contributed by atoms with E-state index in [2.05, 4.69) is 10.3 Å². The van der Waals surface area contributed by atoms with Crippen molar-refractivity contribution in [2.45, 2.75) is 31.9 Å². The van der Waals surface area contributed by atoms with Crippen molar-refractivity contribution in [1.29, 1.82) is 0 Å². The maximum atomic E-state index is 10.9. The first-order valence-corrected chi connectivity index (χ1v) is 6.23. The zero-order valence-electron chi connectivity index (χ0n) is 10.0. The van der Waals surface area contributed by atoms with E-state index in [0.29, 0.717) is 5.82 Å². The monoisotopic (exact) mass is 270 g/mol. The fourth-order valence-corrected chi connectivity index (χ4v) is 2.18. The van der Waals surface area contributed by atoms with Crippen LogP contribution in [0.4, 0.5) is 5.82 Å². The third kappa shape index (κ3) is 2.91. The lowest BCUT2D eigenvalue weighted by atomic mass is 10.1. The van der Waals surface area contributed by atoms with E-state index in [9.17, 15) is 4.79 Å². The van der Waals surface area contributed by atoms with Crippen molar-refractivity contribution in [2.24, 2.45) is 0 Å². The van der Waals surface area contributed by atoms with Crippen molar-refractivity contribution in [3.05, 3.63) is 22.8 Å². The van der Waals surface area contributed by atoms with Crippen LogP contribution in [-0.4, -0.2) is 34.8 Å². The van der Waals surface area contributed by atoms with Gasteiger partial charge in [0.05, 0.1) is 17.2 Å². The number of carbonyl (C=O) groups is 1. The number of carboxylic acid groups (broad SMARTS) is 1. The molecular formula is C12H15ClN2O3. The van der Waals surface area contributed by atoms with Gasteiger partial charge in [0.25, 0.3) is 0 Å². The molecule has 1 fully saturated rings. The average Bonchev–Trinajstić information content (AvgIpc) is 2.85. The molecule has 2 unspecified atom stereocenters. The van der Waals surface area contributed by atoms with Crippen LogP contribution in [-0.2, 0) is 4.74 Å². The zero-order chi connectivity index (χ0) is 13.1. The van der Waals surface area contributed by atoms with Crippen LogP contribution in [0.2, 0.25) is 5.02 Å². The number of ether oxygens (including phenoxy) is 1. The highest BCUT2D eigenvalue weighted by Gasteiger charge is 2.23. The van der Waals surface area contributed by atoms with E-state index in [4.69, 9.17) is 21.4 Å². The molecule has 2 heterocycles. The highest BCUT2D eigenvalue weighted by Crippen LogP contribution is 2.20. The molecule has 98 valence electrons. The fourth-order valence-electron chi connectivity index (χ4n) is 2.00. The Morgan fingerprint density at radius 3 is 3.06 bits per heavy atom. The van der Waals surface area contributed by atoms with Crippen LogP contribution >= 0.6 is 11.6 Å². The molecule has 6 heteroatoms. The van der Waals surface area contributed by atoms with Gasteiger partial charge in [-0.05, 0) is 31.9 Å². The van der Waals surface area contributed by atoms with Crippen molar-refractivity contribution >= 4 is 23.4 Å². The van der Waals surface area contributed by atoms with Gasteiger partial charge in [-0.25, -0.2) is 9.78 Å². The summed E-state index contributed by atoms with van der Waals surface area (Å²) in [5, 5.41) is 12.2. The van der Waals surface area contributed by atoms with Crippen molar-refractivity contribution in [2.75, 3.05) is 11.9 Å². The van der Waals surface area contributed by atoms with Crippen LogP contribution in [0.25, 0.3) is 0 Å². The van der Waals surface area contributed by atoms with Gasteiger partial charge in [0.2, 0.25) is 0 Å². The van der Waals surface area contributed by atoms with Crippen LogP contribution < -0.4 is 5.32 Å². The molecule has 2 N–H and O–H groups in total. The number of halogens is 1. The van der Waals surface area contributed by atoms with Gasteiger partial charge in [0.15, 0.2) is 5.69 Å². The lowest BCUT2D eigenvalue weighted by molar-refractivity contribution is 0.0691. The Morgan fingerprint density at radius 2 is 2.44 bits per heavy atom. The van der Waals surface area contributed by atoms with E-state index in [-0.39, 0.29) is 22.9 Å². The predicted molar refractivity (Wildman–Crippen MR) is 68.3 cm³/mol. The number of carboxylic acids is 1. The molecule has 1 aliphatic rings. The molecule has 0 aliphatic carbocycles. The minimum atomic E-state index is -1.13. The summed E-state index contributed by atoms with van der Waals surface area (Å²) in [5.41, 5.74) is -0.138. The molecule has 1 aromatic heterocycles. The fraction of sp³-hybridized carbons (Fsp3) is 0.500. The Kier molecular flexibility index (Phi) is 4.04. The SMILES string of the molecule is CC(Nc1ccc(Cl)c(C(=O)O)n1)C1CCCO1. The number of aromatic nitrogens is 1. The molecule has 0 aromatic carbocycles. The summed E-state index contributed by atoms with van der Waals surface area (Å²) in [6.07, 6.45) is 2.22. The topological polar surface area (TPSA) is 71.5 Å². The van der Waals surface area contributed by atoms with Gasteiger partial charge in [0.1, 0.15) is 5.82 Å². The largest absolute Gasteiger partial charge is 0.476 e. The summed E-state index contributed by atoms with van der Waals surface area (Å²) in [6.45, 7) is 2.78. The lowest BCUT2D eigenvalue weighted by Crippen LogP contribution is -2.30. The zero-order valence-corrected chi connectivity index (χ0v) is 10.8. The van der Waals surface area contributed by atoms with Crippen molar-refractivity contribution < 1.29 is 14.6 Å². The molecule has 0 radical (unpaired) electrons. The van der Waals surface area contributed by atoms with Crippen LogP contribution in [0.3, 0.4) is 0 Å². The van der Waals surface area contributed by atoms with Crippen LogP contribution in [0.5, 0.6) is 0 Å². The van der Waals surface area contributed by atoms with Crippen molar-refractivity contribution in [1.82, 2.24) is 4.98 Å². The summed E-state index contributed by atoms with van der Waals surface area (Å²) in [7, 11) is 0. The highest BCUT2D eigenvalue weighted by atomic mass is 35.5. The number of pyridine rings is 1. The van der Waals surface area contributed by atoms with E-state index in [0.717, 1.165) is 19.4 Å². The molecule has 1 saturated heterocycles. The van der Waals surface area contributed by atoms with Gasteiger partial charge in [-0.15, -0.1) is 0 Å². The Bertz CT molecular complexity index is 447. The average molecular weight is 271 g/mol. The molecule has 18 heavy (non-hydrogen) atoms. The first-order valence-electron chi connectivity index (χ1n) is 5.86. The minimum absolute atomic E-state index is 0.0859. The number of aromatic carboxylic acids is 1.